The van der Waals surface area contributed by atoms with Gasteiger partial charge in [0.1, 0.15) is 0 Å². The summed E-state index contributed by atoms with van der Waals surface area (Å²) in [6.45, 7) is 0. The SMILES string of the molecule is O=C(O)c1ccc(C=CC2=NN(c3ccc(-c4ccc[nH]4)cc3)C(c3ccc(C(=O)O)cc3)C2)cc1. The summed E-state index contributed by atoms with van der Waals surface area (Å²) >= 11 is 0. The Labute approximate surface area is 207 Å². The first-order valence-corrected chi connectivity index (χ1v) is 11.4. The molecule has 3 N–H and O–H groups in total. The summed E-state index contributed by atoms with van der Waals surface area (Å²) in [5.74, 6) is -1.92. The molecular weight excluding hydrogens is 454 g/mol. The number of carboxylic acids is 2. The minimum Gasteiger partial charge on any atom is -0.478 e. The number of aromatic amines is 1. The summed E-state index contributed by atoms with van der Waals surface area (Å²) in [5, 5.41) is 25.2. The lowest BCUT2D eigenvalue weighted by Gasteiger charge is -2.24. The molecule has 178 valence electrons. The van der Waals surface area contributed by atoms with Crippen LogP contribution in [0.4, 0.5) is 5.69 Å². The molecule has 0 aliphatic carbocycles. The Bertz CT molecular complexity index is 1440. The number of carboxylic acid groups (broad SMARTS) is 2. The number of rotatable bonds is 7. The number of hydrazone groups is 1. The van der Waals surface area contributed by atoms with Crippen molar-refractivity contribution < 1.29 is 19.8 Å². The van der Waals surface area contributed by atoms with Crippen LogP contribution in [0.1, 0.15) is 44.3 Å². The maximum atomic E-state index is 11.3. The van der Waals surface area contributed by atoms with Gasteiger partial charge in [0, 0.05) is 18.3 Å². The van der Waals surface area contributed by atoms with Gasteiger partial charge in [-0.05, 0) is 71.3 Å². The van der Waals surface area contributed by atoms with Gasteiger partial charge < -0.3 is 15.2 Å². The highest BCUT2D eigenvalue weighted by Gasteiger charge is 2.28. The number of hydrogen-bond acceptors (Lipinski definition) is 4. The molecule has 1 atom stereocenters. The maximum Gasteiger partial charge on any atom is 0.335 e. The van der Waals surface area contributed by atoms with E-state index in [0.29, 0.717) is 6.42 Å². The molecule has 5 rings (SSSR count). The van der Waals surface area contributed by atoms with E-state index in [1.807, 2.05) is 71.9 Å². The van der Waals surface area contributed by atoms with Crippen LogP contribution in [0, 0.1) is 0 Å². The Hall–Kier alpha value is -4.91. The molecule has 4 aromatic rings. The second-order valence-electron chi connectivity index (χ2n) is 8.47. The van der Waals surface area contributed by atoms with E-state index in [2.05, 4.69) is 4.98 Å². The number of H-pyrrole nitrogens is 1. The second-order valence-corrected chi connectivity index (χ2v) is 8.47. The van der Waals surface area contributed by atoms with Crippen molar-refractivity contribution >= 4 is 29.4 Å². The molecule has 0 bridgehead atoms. The van der Waals surface area contributed by atoms with E-state index in [1.54, 1.807) is 36.4 Å². The van der Waals surface area contributed by atoms with Gasteiger partial charge in [0.15, 0.2) is 0 Å². The summed E-state index contributed by atoms with van der Waals surface area (Å²) in [6, 6.07) is 25.6. The molecule has 36 heavy (non-hydrogen) atoms. The van der Waals surface area contributed by atoms with Gasteiger partial charge >= 0.3 is 11.9 Å². The van der Waals surface area contributed by atoms with Crippen molar-refractivity contribution in [2.45, 2.75) is 12.5 Å². The van der Waals surface area contributed by atoms with Crippen LogP contribution in [0.5, 0.6) is 0 Å². The average molecular weight is 478 g/mol. The monoisotopic (exact) mass is 477 g/mol. The lowest BCUT2D eigenvalue weighted by molar-refractivity contribution is 0.0686. The highest BCUT2D eigenvalue weighted by atomic mass is 16.4. The van der Waals surface area contributed by atoms with Gasteiger partial charge in [-0.2, -0.15) is 5.10 Å². The number of nitrogens with one attached hydrogen (secondary N) is 1. The molecule has 0 saturated heterocycles. The van der Waals surface area contributed by atoms with Gasteiger partial charge in [0.05, 0.1) is 28.6 Å². The molecule has 2 heterocycles. The third kappa shape index (κ3) is 4.81. The molecule has 0 fully saturated rings. The molecule has 0 radical (unpaired) electrons. The number of nitrogens with zero attached hydrogens (tertiary/aromatic N) is 2. The van der Waals surface area contributed by atoms with Crippen LogP contribution in [0.15, 0.2) is 102 Å². The Kier molecular flexibility index (Phi) is 6.19. The molecule has 0 amide bonds. The standard InChI is InChI=1S/C29H23N3O4/c33-28(34)22-6-3-19(4-7-22)5-14-24-18-27(21-8-10-23(11-9-21)29(35)36)32(31-24)25-15-12-20(13-16-25)26-2-1-17-30-26/h1-17,27,30H,18H2,(H,33,34)(H,35,36). The predicted octanol–water partition coefficient (Wildman–Crippen LogP) is 6.10. The lowest BCUT2D eigenvalue weighted by Crippen LogP contribution is -2.18. The van der Waals surface area contributed by atoms with Gasteiger partial charge in [0.2, 0.25) is 0 Å². The van der Waals surface area contributed by atoms with Crippen LogP contribution in [0.25, 0.3) is 17.3 Å². The maximum absolute atomic E-state index is 11.3. The highest BCUT2D eigenvalue weighted by molar-refractivity contribution is 6.01. The molecule has 1 aliphatic rings. The van der Waals surface area contributed by atoms with E-state index in [4.69, 9.17) is 10.2 Å². The Morgan fingerprint density at radius 1 is 0.833 bits per heavy atom. The minimum absolute atomic E-state index is 0.0989. The van der Waals surface area contributed by atoms with Gasteiger partial charge in [-0.3, -0.25) is 5.01 Å². The van der Waals surface area contributed by atoms with E-state index in [1.165, 1.54) is 0 Å². The van der Waals surface area contributed by atoms with E-state index in [-0.39, 0.29) is 17.2 Å². The van der Waals surface area contributed by atoms with E-state index >= 15 is 0 Å². The first-order valence-electron chi connectivity index (χ1n) is 11.4. The van der Waals surface area contributed by atoms with Crippen molar-refractivity contribution in [1.29, 1.82) is 0 Å². The normalized spacial score (nSPS) is 15.3. The van der Waals surface area contributed by atoms with Gasteiger partial charge in [0.25, 0.3) is 0 Å². The van der Waals surface area contributed by atoms with Crippen molar-refractivity contribution in [3.05, 3.63) is 119 Å². The van der Waals surface area contributed by atoms with E-state index in [9.17, 15) is 14.7 Å². The smallest absolute Gasteiger partial charge is 0.335 e. The number of benzene rings is 3. The summed E-state index contributed by atoms with van der Waals surface area (Å²) < 4.78 is 0. The van der Waals surface area contributed by atoms with Crippen molar-refractivity contribution in [2.24, 2.45) is 5.10 Å². The fraction of sp³-hybridized carbons (Fsp3) is 0.0690. The van der Waals surface area contributed by atoms with E-state index < -0.39 is 11.9 Å². The molecule has 1 aromatic heterocycles. The largest absolute Gasteiger partial charge is 0.478 e. The van der Waals surface area contributed by atoms with Crippen molar-refractivity contribution in [3.8, 4) is 11.3 Å². The fourth-order valence-electron chi connectivity index (χ4n) is 4.21. The van der Waals surface area contributed by atoms with Crippen LogP contribution in [0.2, 0.25) is 0 Å². The van der Waals surface area contributed by atoms with Gasteiger partial charge in [-0.1, -0.05) is 42.5 Å². The number of carbonyl (C=O) groups is 2. The van der Waals surface area contributed by atoms with Crippen LogP contribution >= 0.6 is 0 Å². The summed E-state index contributed by atoms with van der Waals surface area (Å²) in [7, 11) is 0. The molecule has 0 saturated carbocycles. The Morgan fingerprint density at radius 2 is 1.47 bits per heavy atom. The quantitative estimate of drug-likeness (QED) is 0.298. The number of aromatic nitrogens is 1. The summed E-state index contributed by atoms with van der Waals surface area (Å²) in [4.78, 5) is 25.6. The average Bonchev–Trinajstić information content (AvgIpc) is 3.59. The predicted molar refractivity (Wildman–Crippen MR) is 139 cm³/mol. The highest BCUT2D eigenvalue weighted by Crippen LogP contribution is 2.36. The van der Waals surface area contributed by atoms with Crippen LogP contribution in [0.3, 0.4) is 0 Å². The summed E-state index contributed by atoms with van der Waals surface area (Å²) in [5.41, 5.74) is 6.20. The number of anilines is 1. The van der Waals surface area contributed by atoms with Crippen molar-refractivity contribution in [3.63, 3.8) is 0 Å². The molecule has 1 aliphatic heterocycles. The first kappa shape index (κ1) is 22.9. The van der Waals surface area contributed by atoms with Crippen molar-refractivity contribution in [1.82, 2.24) is 4.98 Å². The third-order valence-corrected chi connectivity index (χ3v) is 6.14. The Balaban J connectivity index is 1.44. The zero-order chi connectivity index (χ0) is 25.1. The third-order valence-electron chi connectivity index (χ3n) is 6.14. The molecule has 0 spiro atoms. The van der Waals surface area contributed by atoms with Crippen molar-refractivity contribution in [2.75, 3.05) is 5.01 Å². The molecule has 3 aromatic carbocycles. The van der Waals surface area contributed by atoms with Crippen LogP contribution < -0.4 is 5.01 Å². The zero-order valence-corrected chi connectivity index (χ0v) is 19.2. The Morgan fingerprint density at radius 3 is 2.06 bits per heavy atom. The van der Waals surface area contributed by atoms with Gasteiger partial charge in [-0.25, -0.2) is 9.59 Å². The second kappa shape index (κ2) is 9.76. The van der Waals surface area contributed by atoms with Gasteiger partial charge in [-0.15, -0.1) is 0 Å². The fourth-order valence-corrected chi connectivity index (χ4v) is 4.21. The molecular formula is C29H23N3O4. The number of aromatic carboxylic acids is 2. The topological polar surface area (TPSA) is 106 Å². The number of hydrogen-bond donors (Lipinski definition) is 3. The summed E-state index contributed by atoms with van der Waals surface area (Å²) in [6.07, 6.45) is 6.36. The van der Waals surface area contributed by atoms with E-state index in [0.717, 1.165) is 33.8 Å². The molecule has 1 unspecified atom stereocenters. The number of allylic oxidation sites excluding steroid dienone is 1. The first-order chi connectivity index (χ1) is 17.5. The van der Waals surface area contributed by atoms with Crippen LogP contribution in [-0.2, 0) is 0 Å². The zero-order valence-electron chi connectivity index (χ0n) is 19.2. The minimum atomic E-state index is -0.960. The molecule has 7 heteroatoms. The lowest BCUT2D eigenvalue weighted by atomic mass is 9.99. The molecule has 7 nitrogen and oxygen atoms in total. The van der Waals surface area contributed by atoms with Crippen LogP contribution in [-0.4, -0.2) is 32.8 Å².